The Balaban J connectivity index is 2.25. The van der Waals surface area contributed by atoms with Gasteiger partial charge in [0.25, 0.3) is 0 Å². The fraction of sp³-hybridized carbons (Fsp3) is 1.00. The van der Waals surface area contributed by atoms with Crippen molar-refractivity contribution >= 4 is 0 Å². The Hall–Kier alpha value is -0.0400. The molecule has 1 rings (SSSR count). The molecule has 0 spiro atoms. The molecule has 1 fully saturated rings. The predicted molar refractivity (Wildman–Crippen MR) is 56.7 cm³/mol. The highest BCUT2D eigenvalue weighted by Gasteiger charge is 2.24. The molecule has 3 atom stereocenters. The normalized spacial score (nSPS) is 31.6. The Morgan fingerprint density at radius 2 is 2.15 bits per heavy atom. The van der Waals surface area contributed by atoms with Gasteiger partial charge in [0.15, 0.2) is 0 Å². The van der Waals surface area contributed by atoms with E-state index in [1.54, 1.807) is 0 Å². The van der Waals surface area contributed by atoms with E-state index in [1.807, 2.05) is 6.92 Å². The van der Waals surface area contributed by atoms with Crippen LogP contribution in [0.15, 0.2) is 0 Å². The number of unbranched alkanes of at least 4 members (excludes halogenated alkanes) is 1. The van der Waals surface area contributed by atoms with Crippen LogP contribution in [0.2, 0.25) is 0 Å². The summed E-state index contributed by atoms with van der Waals surface area (Å²) in [6.07, 6.45) is 9.27. The van der Waals surface area contributed by atoms with Crippen LogP contribution in [-0.4, -0.2) is 11.2 Å². The highest BCUT2D eigenvalue weighted by Crippen LogP contribution is 2.33. The Labute approximate surface area is 82.5 Å². The van der Waals surface area contributed by atoms with Gasteiger partial charge in [-0.15, -0.1) is 0 Å². The molecule has 0 saturated heterocycles. The quantitative estimate of drug-likeness (QED) is 0.710. The minimum atomic E-state index is -0.0792. The van der Waals surface area contributed by atoms with Gasteiger partial charge in [-0.1, -0.05) is 39.0 Å². The molecule has 78 valence electrons. The fourth-order valence-electron chi connectivity index (χ4n) is 2.53. The molecule has 0 aliphatic heterocycles. The van der Waals surface area contributed by atoms with Crippen molar-refractivity contribution in [1.82, 2.24) is 0 Å². The van der Waals surface area contributed by atoms with Gasteiger partial charge >= 0.3 is 0 Å². The molecule has 0 aromatic heterocycles. The molecule has 0 amide bonds. The largest absolute Gasteiger partial charge is 0.393 e. The third kappa shape index (κ3) is 3.68. The highest BCUT2D eigenvalue weighted by atomic mass is 16.3. The lowest BCUT2D eigenvalue weighted by atomic mass is 9.77. The van der Waals surface area contributed by atoms with Crippen molar-refractivity contribution in [2.75, 3.05) is 0 Å². The van der Waals surface area contributed by atoms with Crippen molar-refractivity contribution in [1.29, 1.82) is 0 Å². The maximum atomic E-state index is 9.52. The van der Waals surface area contributed by atoms with E-state index in [4.69, 9.17) is 0 Å². The molecule has 0 bridgehead atoms. The van der Waals surface area contributed by atoms with Crippen LogP contribution in [0, 0.1) is 11.8 Å². The lowest BCUT2D eigenvalue weighted by Crippen LogP contribution is -2.24. The second kappa shape index (κ2) is 5.64. The van der Waals surface area contributed by atoms with Gasteiger partial charge in [0.1, 0.15) is 0 Å². The molecule has 1 heteroatoms. The van der Waals surface area contributed by atoms with Crippen molar-refractivity contribution in [3.63, 3.8) is 0 Å². The fourth-order valence-corrected chi connectivity index (χ4v) is 2.53. The van der Waals surface area contributed by atoms with Gasteiger partial charge in [-0.05, 0) is 31.6 Å². The Bertz CT molecular complexity index is 131. The minimum absolute atomic E-state index is 0.0792. The molecule has 1 aliphatic rings. The first kappa shape index (κ1) is 11.0. The van der Waals surface area contributed by atoms with E-state index in [0.717, 1.165) is 5.92 Å². The molecule has 0 radical (unpaired) electrons. The summed E-state index contributed by atoms with van der Waals surface area (Å²) in [5.41, 5.74) is 0. The Morgan fingerprint density at radius 3 is 2.77 bits per heavy atom. The van der Waals surface area contributed by atoms with E-state index in [1.165, 1.54) is 44.9 Å². The maximum Gasteiger partial charge on any atom is 0.0540 e. The summed E-state index contributed by atoms with van der Waals surface area (Å²) in [6, 6.07) is 0. The van der Waals surface area contributed by atoms with Crippen LogP contribution >= 0.6 is 0 Å². The molecule has 1 N–H and O–H groups in total. The standard InChI is InChI=1S/C12H24O/c1-3-4-6-11-7-5-8-12(9-11)10(2)13/h10-13H,3-9H2,1-2H3. The third-order valence-corrected chi connectivity index (χ3v) is 3.47. The van der Waals surface area contributed by atoms with Gasteiger partial charge in [0, 0.05) is 0 Å². The van der Waals surface area contributed by atoms with Crippen LogP contribution in [0.3, 0.4) is 0 Å². The smallest absolute Gasteiger partial charge is 0.0540 e. The van der Waals surface area contributed by atoms with Gasteiger partial charge in [-0.3, -0.25) is 0 Å². The minimum Gasteiger partial charge on any atom is -0.393 e. The molecule has 0 aromatic carbocycles. The first-order valence-corrected chi connectivity index (χ1v) is 5.92. The number of hydrogen-bond acceptors (Lipinski definition) is 1. The second-order valence-corrected chi connectivity index (χ2v) is 4.68. The van der Waals surface area contributed by atoms with Crippen LogP contribution in [0.4, 0.5) is 0 Å². The molecule has 1 aliphatic carbocycles. The van der Waals surface area contributed by atoms with Crippen molar-refractivity contribution in [2.24, 2.45) is 11.8 Å². The lowest BCUT2D eigenvalue weighted by molar-refractivity contribution is 0.0812. The summed E-state index contributed by atoms with van der Waals surface area (Å²) in [7, 11) is 0. The van der Waals surface area contributed by atoms with E-state index in [0.29, 0.717) is 5.92 Å². The molecular weight excluding hydrogens is 160 g/mol. The monoisotopic (exact) mass is 184 g/mol. The average molecular weight is 184 g/mol. The van der Waals surface area contributed by atoms with E-state index in [9.17, 15) is 5.11 Å². The topological polar surface area (TPSA) is 20.2 Å². The van der Waals surface area contributed by atoms with Gasteiger partial charge < -0.3 is 5.11 Å². The van der Waals surface area contributed by atoms with Crippen LogP contribution in [0.25, 0.3) is 0 Å². The second-order valence-electron chi connectivity index (χ2n) is 4.68. The predicted octanol–water partition coefficient (Wildman–Crippen LogP) is 3.36. The van der Waals surface area contributed by atoms with Gasteiger partial charge in [0.2, 0.25) is 0 Å². The van der Waals surface area contributed by atoms with E-state index < -0.39 is 0 Å². The zero-order chi connectivity index (χ0) is 9.68. The van der Waals surface area contributed by atoms with Crippen LogP contribution in [0.1, 0.15) is 58.8 Å². The lowest BCUT2D eigenvalue weighted by Gasteiger charge is -2.30. The molecule has 0 aromatic rings. The number of aliphatic hydroxyl groups is 1. The first-order chi connectivity index (χ1) is 6.24. The molecule has 1 nitrogen and oxygen atoms in total. The number of aliphatic hydroxyl groups excluding tert-OH is 1. The van der Waals surface area contributed by atoms with Crippen LogP contribution in [0.5, 0.6) is 0 Å². The summed E-state index contributed by atoms with van der Waals surface area (Å²) in [4.78, 5) is 0. The highest BCUT2D eigenvalue weighted by molar-refractivity contribution is 4.76. The van der Waals surface area contributed by atoms with Gasteiger partial charge in [-0.25, -0.2) is 0 Å². The molecule has 0 heterocycles. The maximum absolute atomic E-state index is 9.52. The van der Waals surface area contributed by atoms with Crippen molar-refractivity contribution in [3.8, 4) is 0 Å². The number of rotatable bonds is 4. The van der Waals surface area contributed by atoms with E-state index >= 15 is 0 Å². The zero-order valence-corrected chi connectivity index (χ0v) is 9.13. The molecular formula is C12H24O. The summed E-state index contributed by atoms with van der Waals surface area (Å²) in [5, 5.41) is 9.52. The average Bonchev–Trinajstić information content (AvgIpc) is 2.15. The molecule has 3 unspecified atom stereocenters. The van der Waals surface area contributed by atoms with Crippen LogP contribution < -0.4 is 0 Å². The summed E-state index contributed by atoms with van der Waals surface area (Å²) >= 11 is 0. The van der Waals surface area contributed by atoms with Gasteiger partial charge in [0.05, 0.1) is 6.10 Å². The summed E-state index contributed by atoms with van der Waals surface area (Å²) in [5.74, 6) is 1.50. The third-order valence-electron chi connectivity index (χ3n) is 3.47. The summed E-state index contributed by atoms with van der Waals surface area (Å²) < 4.78 is 0. The Morgan fingerprint density at radius 1 is 1.38 bits per heavy atom. The van der Waals surface area contributed by atoms with Gasteiger partial charge in [-0.2, -0.15) is 0 Å². The van der Waals surface area contributed by atoms with E-state index in [-0.39, 0.29) is 6.10 Å². The van der Waals surface area contributed by atoms with Crippen molar-refractivity contribution < 1.29 is 5.11 Å². The first-order valence-electron chi connectivity index (χ1n) is 5.92. The molecule has 13 heavy (non-hydrogen) atoms. The molecule has 1 saturated carbocycles. The van der Waals surface area contributed by atoms with Crippen molar-refractivity contribution in [2.45, 2.75) is 64.9 Å². The number of hydrogen-bond donors (Lipinski definition) is 1. The summed E-state index contributed by atoms with van der Waals surface area (Å²) in [6.45, 7) is 4.21. The van der Waals surface area contributed by atoms with Crippen molar-refractivity contribution in [3.05, 3.63) is 0 Å². The Kier molecular flexibility index (Phi) is 4.79. The van der Waals surface area contributed by atoms with Crippen LogP contribution in [-0.2, 0) is 0 Å². The SMILES string of the molecule is CCCCC1CCCC(C(C)O)C1. The zero-order valence-electron chi connectivity index (χ0n) is 9.13. The van der Waals surface area contributed by atoms with E-state index in [2.05, 4.69) is 6.92 Å².